The van der Waals surface area contributed by atoms with Crippen molar-refractivity contribution in [1.29, 1.82) is 0 Å². The summed E-state index contributed by atoms with van der Waals surface area (Å²) < 4.78 is 1.89. The molecule has 3 rings (SSSR count). The number of aromatic nitrogens is 4. The summed E-state index contributed by atoms with van der Waals surface area (Å²) in [7, 11) is 0. The monoisotopic (exact) mass is 359 g/mol. The standard InChI is InChI=1S/C18H25N5OS/c1-2-8-16(14-9-4-3-5-10-14)19-17(24)13-25-18-20-21-22-23(18)15-11-6-7-12-15/h3-5,9-10,15-16H,2,6-8,11-13H2,1H3,(H,19,24). The molecule has 0 saturated heterocycles. The van der Waals surface area contributed by atoms with E-state index >= 15 is 0 Å². The number of amides is 1. The molecule has 1 aromatic carbocycles. The van der Waals surface area contributed by atoms with Crippen LogP contribution in [0.5, 0.6) is 0 Å². The highest BCUT2D eigenvalue weighted by Gasteiger charge is 2.22. The second-order valence-corrected chi connectivity index (χ2v) is 7.39. The molecule has 134 valence electrons. The first-order valence-electron chi connectivity index (χ1n) is 9.03. The molecule has 1 amide bonds. The molecule has 1 fully saturated rings. The van der Waals surface area contributed by atoms with Gasteiger partial charge in [0.05, 0.1) is 17.8 Å². The Bertz CT molecular complexity index is 669. The largest absolute Gasteiger partial charge is 0.349 e. The van der Waals surface area contributed by atoms with Gasteiger partial charge in [-0.25, -0.2) is 4.68 Å². The van der Waals surface area contributed by atoms with E-state index in [1.807, 2.05) is 22.9 Å². The number of nitrogens with one attached hydrogen (secondary N) is 1. The van der Waals surface area contributed by atoms with Gasteiger partial charge in [0.15, 0.2) is 0 Å². The third-order valence-electron chi connectivity index (χ3n) is 4.58. The first-order valence-corrected chi connectivity index (χ1v) is 10.0. The van der Waals surface area contributed by atoms with Crippen LogP contribution in [0.25, 0.3) is 0 Å². The van der Waals surface area contributed by atoms with Gasteiger partial charge in [0, 0.05) is 0 Å². The Morgan fingerprint density at radius 1 is 1.32 bits per heavy atom. The van der Waals surface area contributed by atoms with Gasteiger partial charge >= 0.3 is 0 Å². The summed E-state index contributed by atoms with van der Waals surface area (Å²) in [4.78, 5) is 12.4. The van der Waals surface area contributed by atoms with Crippen molar-refractivity contribution in [3.8, 4) is 0 Å². The second-order valence-electron chi connectivity index (χ2n) is 6.45. The third-order valence-corrected chi connectivity index (χ3v) is 5.51. The van der Waals surface area contributed by atoms with Crippen LogP contribution in [0.1, 0.15) is 63.1 Å². The van der Waals surface area contributed by atoms with Crippen LogP contribution >= 0.6 is 11.8 Å². The first kappa shape index (κ1) is 17.9. The number of carbonyl (C=O) groups excluding carboxylic acids is 1. The highest BCUT2D eigenvalue weighted by Crippen LogP contribution is 2.31. The van der Waals surface area contributed by atoms with E-state index < -0.39 is 0 Å². The summed E-state index contributed by atoms with van der Waals surface area (Å²) in [6, 6.07) is 10.6. The number of benzene rings is 1. The van der Waals surface area contributed by atoms with E-state index in [1.54, 1.807) is 0 Å². The number of hydrogen-bond donors (Lipinski definition) is 1. The molecule has 1 N–H and O–H groups in total. The summed E-state index contributed by atoms with van der Waals surface area (Å²) in [6.45, 7) is 2.13. The van der Waals surface area contributed by atoms with Gasteiger partial charge in [-0.3, -0.25) is 4.79 Å². The fraction of sp³-hybridized carbons (Fsp3) is 0.556. The van der Waals surface area contributed by atoms with Crippen LogP contribution in [0, 0.1) is 0 Å². The summed E-state index contributed by atoms with van der Waals surface area (Å²) in [5.74, 6) is 0.355. The van der Waals surface area contributed by atoms with Crippen molar-refractivity contribution in [2.24, 2.45) is 0 Å². The lowest BCUT2D eigenvalue weighted by Crippen LogP contribution is -2.30. The zero-order chi connectivity index (χ0) is 17.5. The lowest BCUT2D eigenvalue weighted by atomic mass is 10.0. The molecule has 2 aromatic rings. The smallest absolute Gasteiger partial charge is 0.230 e. The molecule has 1 heterocycles. The van der Waals surface area contributed by atoms with Crippen molar-refractivity contribution in [2.45, 2.75) is 62.7 Å². The normalized spacial score (nSPS) is 16.0. The summed E-state index contributed by atoms with van der Waals surface area (Å²) in [5.41, 5.74) is 1.15. The summed E-state index contributed by atoms with van der Waals surface area (Å²) in [6.07, 6.45) is 6.65. The highest BCUT2D eigenvalue weighted by atomic mass is 32.2. The molecular weight excluding hydrogens is 334 g/mol. The minimum absolute atomic E-state index is 0.0216. The van der Waals surface area contributed by atoms with Crippen molar-refractivity contribution in [3.05, 3.63) is 35.9 Å². The number of carbonyl (C=O) groups is 1. The first-order chi connectivity index (χ1) is 12.3. The molecule has 0 radical (unpaired) electrons. The fourth-order valence-corrected chi connectivity index (χ4v) is 4.08. The van der Waals surface area contributed by atoms with E-state index in [0.717, 1.165) is 36.4 Å². The molecule has 1 saturated carbocycles. The Morgan fingerprint density at radius 2 is 2.08 bits per heavy atom. The average Bonchev–Trinajstić information content (AvgIpc) is 3.31. The van der Waals surface area contributed by atoms with Crippen LogP contribution in [-0.4, -0.2) is 31.9 Å². The SMILES string of the molecule is CCCC(NC(=O)CSc1nnnn1C1CCCC1)c1ccccc1. The van der Waals surface area contributed by atoms with Gasteiger partial charge in [0.25, 0.3) is 0 Å². The Balaban J connectivity index is 1.56. The van der Waals surface area contributed by atoms with Gasteiger partial charge in [0.2, 0.25) is 11.1 Å². The zero-order valence-corrected chi connectivity index (χ0v) is 15.4. The van der Waals surface area contributed by atoms with Crippen molar-refractivity contribution in [1.82, 2.24) is 25.5 Å². The minimum atomic E-state index is 0.0216. The number of tetrazole rings is 1. The lowest BCUT2D eigenvalue weighted by molar-refractivity contribution is -0.119. The maximum atomic E-state index is 12.4. The average molecular weight is 359 g/mol. The fourth-order valence-electron chi connectivity index (χ4n) is 3.32. The maximum Gasteiger partial charge on any atom is 0.230 e. The molecule has 7 heteroatoms. The van der Waals surface area contributed by atoms with Gasteiger partial charge < -0.3 is 5.32 Å². The van der Waals surface area contributed by atoms with Crippen molar-refractivity contribution < 1.29 is 4.79 Å². The molecule has 6 nitrogen and oxygen atoms in total. The van der Waals surface area contributed by atoms with Gasteiger partial charge in [-0.05, 0) is 35.3 Å². The highest BCUT2D eigenvalue weighted by molar-refractivity contribution is 7.99. The van der Waals surface area contributed by atoms with Crippen molar-refractivity contribution >= 4 is 17.7 Å². The molecule has 1 unspecified atom stereocenters. The number of rotatable bonds is 8. The lowest BCUT2D eigenvalue weighted by Gasteiger charge is -2.18. The molecule has 25 heavy (non-hydrogen) atoms. The summed E-state index contributed by atoms with van der Waals surface area (Å²) in [5, 5.41) is 15.9. The van der Waals surface area contributed by atoms with Crippen LogP contribution in [-0.2, 0) is 4.79 Å². The maximum absolute atomic E-state index is 12.4. The summed E-state index contributed by atoms with van der Waals surface area (Å²) >= 11 is 1.42. The molecule has 1 aliphatic rings. The molecule has 1 aliphatic carbocycles. The van der Waals surface area contributed by atoms with Crippen LogP contribution in [0.4, 0.5) is 0 Å². The molecule has 0 spiro atoms. The second kappa shape index (κ2) is 8.99. The predicted octanol–water partition coefficient (Wildman–Crippen LogP) is 3.54. The van der Waals surface area contributed by atoms with E-state index in [9.17, 15) is 4.79 Å². The molecular formula is C18H25N5OS. The Labute approximate surface area is 152 Å². The number of thioether (sulfide) groups is 1. The van der Waals surface area contributed by atoms with E-state index in [1.165, 1.54) is 24.6 Å². The number of hydrogen-bond acceptors (Lipinski definition) is 5. The molecule has 1 atom stereocenters. The third kappa shape index (κ3) is 4.81. The van der Waals surface area contributed by atoms with Crippen LogP contribution in [0.15, 0.2) is 35.5 Å². The predicted molar refractivity (Wildman–Crippen MR) is 98.3 cm³/mol. The molecule has 1 aromatic heterocycles. The topological polar surface area (TPSA) is 72.7 Å². The van der Waals surface area contributed by atoms with Gasteiger partial charge in [-0.1, -0.05) is 68.3 Å². The van der Waals surface area contributed by atoms with Crippen LogP contribution < -0.4 is 5.32 Å². The van der Waals surface area contributed by atoms with E-state index in [4.69, 9.17) is 0 Å². The molecule has 0 bridgehead atoms. The Morgan fingerprint density at radius 3 is 2.80 bits per heavy atom. The van der Waals surface area contributed by atoms with Crippen molar-refractivity contribution in [2.75, 3.05) is 5.75 Å². The molecule has 0 aliphatic heterocycles. The zero-order valence-electron chi connectivity index (χ0n) is 14.6. The minimum Gasteiger partial charge on any atom is -0.349 e. The van der Waals surface area contributed by atoms with Gasteiger partial charge in [0.1, 0.15) is 0 Å². The quantitative estimate of drug-likeness (QED) is 0.730. The Hall–Kier alpha value is -1.89. The Kier molecular flexibility index (Phi) is 6.44. The van der Waals surface area contributed by atoms with E-state index in [0.29, 0.717) is 11.8 Å². The van der Waals surface area contributed by atoms with Gasteiger partial charge in [-0.2, -0.15) is 0 Å². The van der Waals surface area contributed by atoms with E-state index in [-0.39, 0.29) is 11.9 Å². The van der Waals surface area contributed by atoms with E-state index in [2.05, 4.69) is 39.9 Å². The van der Waals surface area contributed by atoms with Crippen molar-refractivity contribution in [3.63, 3.8) is 0 Å². The van der Waals surface area contributed by atoms with Crippen LogP contribution in [0.3, 0.4) is 0 Å². The number of nitrogens with zero attached hydrogens (tertiary/aromatic N) is 4. The van der Waals surface area contributed by atoms with Gasteiger partial charge in [-0.15, -0.1) is 5.10 Å². The van der Waals surface area contributed by atoms with Crippen LogP contribution in [0.2, 0.25) is 0 Å².